The summed E-state index contributed by atoms with van der Waals surface area (Å²) in [6.07, 6.45) is 3.97. The minimum atomic E-state index is -0.219. The van der Waals surface area contributed by atoms with Gasteiger partial charge in [0, 0.05) is 25.0 Å². The number of H-pyrrole nitrogens is 1. The van der Waals surface area contributed by atoms with Gasteiger partial charge in [0.25, 0.3) is 5.56 Å². The van der Waals surface area contributed by atoms with Crippen LogP contribution in [0.2, 0.25) is 0 Å². The Morgan fingerprint density at radius 1 is 1.23 bits per heavy atom. The lowest BCUT2D eigenvalue weighted by atomic mass is 10.0. The highest BCUT2D eigenvalue weighted by Gasteiger charge is 2.30. The van der Waals surface area contributed by atoms with Gasteiger partial charge in [-0.1, -0.05) is 24.3 Å². The number of imidazole rings is 1. The van der Waals surface area contributed by atoms with Crippen LogP contribution in [0.3, 0.4) is 0 Å². The smallest absolute Gasteiger partial charge is 0.278 e. The molecule has 0 spiro atoms. The Hall–Kier alpha value is -2.47. The van der Waals surface area contributed by atoms with Gasteiger partial charge in [-0.25, -0.2) is 9.97 Å². The van der Waals surface area contributed by atoms with Crippen LogP contribution in [-0.2, 0) is 6.54 Å². The van der Waals surface area contributed by atoms with Gasteiger partial charge in [0.2, 0.25) is 0 Å². The first-order chi connectivity index (χ1) is 10.8. The predicted octanol–water partition coefficient (Wildman–Crippen LogP) is 1.38. The van der Waals surface area contributed by atoms with Crippen molar-refractivity contribution in [2.75, 3.05) is 6.61 Å². The number of rotatable bonds is 3. The number of nitrogens with one attached hydrogen (secondary N) is 1. The first-order valence-corrected chi connectivity index (χ1v) is 7.36. The number of hydrogen-bond donors (Lipinski definition) is 2. The first-order valence-electron chi connectivity index (χ1n) is 7.36. The van der Waals surface area contributed by atoms with Crippen LogP contribution in [0.1, 0.15) is 29.4 Å². The van der Waals surface area contributed by atoms with Crippen LogP contribution in [0, 0.1) is 0 Å². The summed E-state index contributed by atoms with van der Waals surface area (Å²) in [7, 11) is 0. The van der Waals surface area contributed by atoms with E-state index in [-0.39, 0.29) is 18.1 Å². The van der Waals surface area contributed by atoms with Gasteiger partial charge in [-0.05, 0) is 17.5 Å². The molecule has 1 aromatic carbocycles. The highest BCUT2D eigenvalue weighted by molar-refractivity contribution is 5.68. The highest BCUT2D eigenvalue weighted by atomic mass is 16.3. The third kappa shape index (κ3) is 1.95. The third-order valence-electron chi connectivity index (χ3n) is 4.49. The summed E-state index contributed by atoms with van der Waals surface area (Å²) < 4.78 is 1.92. The van der Waals surface area contributed by atoms with E-state index in [2.05, 4.69) is 27.1 Å². The molecule has 4 rings (SSSR count). The molecular weight excluding hydrogens is 280 g/mol. The fourth-order valence-corrected chi connectivity index (χ4v) is 3.46. The molecule has 0 radical (unpaired) electrons. The van der Waals surface area contributed by atoms with E-state index < -0.39 is 0 Å². The molecule has 2 N–H and O–H groups in total. The lowest BCUT2D eigenvalue weighted by Crippen LogP contribution is -2.10. The number of fused-ring (bicyclic) bond motifs is 2. The molecule has 0 aliphatic heterocycles. The summed E-state index contributed by atoms with van der Waals surface area (Å²) in [5.74, 6) is 0.485. The Morgan fingerprint density at radius 3 is 2.77 bits per heavy atom. The maximum atomic E-state index is 11.7. The molecule has 112 valence electrons. The van der Waals surface area contributed by atoms with E-state index in [4.69, 9.17) is 0 Å². The van der Waals surface area contributed by atoms with Crippen molar-refractivity contribution in [2.24, 2.45) is 0 Å². The molecule has 0 saturated heterocycles. The lowest BCUT2D eigenvalue weighted by molar-refractivity contribution is 0.259. The number of aliphatic hydroxyl groups is 1. The van der Waals surface area contributed by atoms with Crippen LogP contribution in [0.25, 0.3) is 11.2 Å². The lowest BCUT2D eigenvalue weighted by Gasteiger charge is -2.12. The SMILES string of the molecule is O=c1[nH]cnc2c1ncn2C[C@@H]1C[C@H](CO)c2ccccc21. The van der Waals surface area contributed by atoms with Gasteiger partial charge in [0.1, 0.15) is 0 Å². The van der Waals surface area contributed by atoms with Crippen molar-refractivity contribution < 1.29 is 5.11 Å². The van der Waals surface area contributed by atoms with Crippen LogP contribution in [0.4, 0.5) is 0 Å². The number of hydrogen-bond acceptors (Lipinski definition) is 4. The third-order valence-corrected chi connectivity index (χ3v) is 4.49. The summed E-state index contributed by atoms with van der Waals surface area (Å²) in [5.41, 5.74) is 3.25. The number of aromatic amines is 1. The molecule has 22 heavy (non-hydrogen) atoms. The highest BCUT2D eigenvalue weighted by Crippen LogP contribution is 2.42. The molecule has 1 aliphatic rings. The summed E-state index contributed by atoms with van der Waals surface area (Å²) in [6, 6.07) is 8.25. The predicted molar refractivity (Wildman–Crippen MR) is 81.8 cm³/mol. The average molecular weight is 296 g/mol. The molecular formula is C16H16N4O2. The zero-order valence-corrected chi connectivity index (χ0v) is 11.9. The van der Waals surface area contributed by atoms with E-state index in [0.717, 1.165) is 6.42 Å². The van der Waals surface area contributed by atoms with E-state index in [1.165, 1.54) is 17.5 Å². The summed E-state index contributed by atoms with van der Waals surface area (Å²) in [5, 5.41) is 9.59. The largest absolute Gasteiger partial charge is 0.396 e. The van der Waals surface area contributed by atoms with Gasteiger partial charge in [-0.2, -0.15) is 0 Å². The van der Waals surface area contributed by atoms with Gasteiger partial charge in [-0.3, -0.25) is 4.79 Å². The molecule has 1 aliphatic carbocycles. The van der Waals surface area contributed by atoms with Crippen LogP contribution in [0.5, 0.6) is 0 Å². The van der Waals surface area contributed by atoms with Crippen LogP contribution >= 0.6 is 0 Å². The van der Waals surface area contributed by atoms with Crippen LogP contribution in [-0.4, -0.2) is 31.2 Å². The molecule has 2 heterocycles. The van der Waals surface area contributed by atoms with Crippen LogP contribution < -0.4 is 5.56 Å². The summed E-state index contributed by atoms with van der Waals surface area (Å²) >= 11 is 0. The molecule has 6 nitrogen and oxygen atoms in total. The standard InChI is InChI=1S/C16H16N4O2/c21-7-11-5-10(12-3-1-2-4-13(11)12)6-20-9-19-14-15(20)17-8-18-16(14)22/h1-4,8-11,21H,5-7H2,(H,17,18,22)/t10-,11+/m0/s1. The van der Waals surface area contributed by atoms with Gasteiger partial charge >= 0.3 is 0 Å². The Kier molecular flexibility index (Phi) is 3.04. The van der Waals surface area contributed by atoms with E-state index in [9.17, 15) is 9.90 Å². The molecule has 0 amide bonds. The van der Waals surface area contributed by atoms with E-state index in [1.807, 2.05) is 16.7 Å². The minimum Gasteiger partial charge on any atom is -0.396 e. The molecule has 2 atom stereocenters. The van der Waals surface area contributed by atoms with Crippen molar-refractivity contribution in [3.05, 3.63) is 58.4 Å². The molecule has 0 bridgehead atoms. The van der Waals surface area contributed by atoms with Gasteiger partial charge < -0.3 is 14.7 Å². The maximum absolute atomic E-state index is 11.7. The Labute approximate surface area is 126 Å². The molecule has 0 fully saturated rings. The number of aliphatic hydroxyl groups excluding tert-OH is 1. The maximum Gasteiger partial charge on any atom is 0.278 e. The van der Waals surface area contributed by atoms with Crippen molar-refractivity contribution >= 4 is 11.2 Å². The number of benzene rings is 1. The second kappa shape index (κ2) is 5.06. The zero-order chi connectivity index (χ0) is 15.1. The quantitative estimate of drug-likeness (QED) is 0.765. The van der Waals surface area contributed by atoms with Crippen molar-refractivity contribution in [2.45, 2.75) is 24.8 Å². The second-order valence-corrected chi connectivity index (χ2v) is 5.74. The van der Waals surface area contributed by atoms with Crippen LogP contribution in [0.15, 0.2) is 41.7 Å². The minimum absolute atomic E-state index is 0.163. The fraction of sp³-hybridized carbons (Fsp3) is 0.312. The Balaban J connectivity index is 1.72. The molecule has 6 heteroatoms. The van der Waals surface area contributed by atoms with E-state index in [0.29, 0.717) is 23.6 Å². The van der Waals surface area contributed by atoms with Crippen molar-refractivity contribution in [1.29, 1.82) is 0 Å². The first kappa shape index (κ1) is 13.2. The molecule has 2 aromatic heterocycles. The normalized spacial score (nSPS) is 20.4. The van der Waals surface area contributed by atoms with Gasteiger partial charge in [-0.15, -0.1) is 0 Å². The fourth-order valence-electron chi connectivity index (χ4n) is 3.46. The Morgan fingerprint density at radius 2 is 2.00 bits per heavy atom. The molecule has 0 unspecified atom stereocenters. The van der Waals surface area contributed by atoms with E-state index in [1.54, 1.807) is 6.33 Å². The van der Waals surface area contributed by atoms with Crippen molar-refractivity contribution in [3.63, 3.8) is 0 Å². The summed E-state index contributed by atoms with van der Waals surface area (Å²) in [6.45, 7) is 0.872. The van der Waals surface area contributed by atoms with Gasteiger partial charge in [0.05, 0.1) is 12.7 Å². The van der Waals surface area contributed by atoms with Crippen molar-refractivity contribution in [3.8, 4) is 0 Å². The molecule has 0 saturated carbocycles. The monoisotopic (exact) mass is 296 g/mol. The second-order valence-electron chi connectivity index (χ2n) is 5.74. The summed E-state index contributed by atoms with van der Waals surface area (Å²) in [4.78, 5) is 22.7. The average Bonchev–Trinajstić information content (AvgIpc) is 3.11. The van der Waals surface area contributed by atoms with E-state index >= 15 is 0 Å². The zero-order valence-electron chi connectivity index (χ0n) is 11.9. The number of nitrogens with zero attached hydrogens (tertiary/aromatic N) is 3. The van der Waals surface area contributed by atoms with Crippen molar-refractivity contribution in [1.82, 2.24) is 19.5 Å². The Bertz CT molecular complexity index is 883. The number of aromatic nitrogens is 4. The molecule has 3 aromatic rings. The van der Waals surface area contributed by atoms with Gasteiger partial charge in [0.15, 0.2) is 11.2 Å². The topological polar surface area (TPSA) is 83.8 Å².